The molecule has 0 bridgehead atoms. The number of aryl methyl sites for hydroxylation is 1. The molecule has 3 aromatic rings. The Labute approximate surface area is 163 Å². The molecule has 1 aliphatic rings. The standard InChI is InChI=1S/C20H18ClN3O2S/c1-14-4-2-3-5-19(14)27(25,26)24-11-10-18-16(13-24)12-22-20(23-18)15-6-8-17(21)9-7-15/h2-9,12H,10-11,13H2,1H3. The molecule has 2 heterocycles. The van der Waals surface area contributed by atoms with Crippen molar-refractivity contribution in [3.05, 3.63) is 76.6 Å². The molecule has 1 aromatic heterocycles. The maximum absolute atomic E-state index is 13.0. The lowest BCUT2D eigenvalue weighted by Crippen LogP contribution is -2.36. The molecule has 0 spiro atoms. The van der Waals surface area contributed by atoms with E-state index in [0.29, 0.717) is 28.7 Å². The summed E-state index contributed by atoms with van der Waals surface area (Å²) >= 11 is 5.93. The number of hydrogen-bond acceptors (Lipinski definition) is 4. The second-order valence-electron chi connectivity index (χ2n) is 6.53. The van der Waals surface area contributed by atoms with Gasteiger partial charge >= 0.3 is 0 Å². The summed E-state index contributed by atoms with van der Waals surface area (Å²) in [7, 11) is -3.54. The van der Waals surface area contributed by atoms with E-state index in [-0.39, 0.29) is 6.54 Å². The molecule has 138 valence electrons. The minimum atomic E-state index is -3.54. The molecular formula is C20H18ClN3O2S. The number of sulfonamides is 1. The lowest BCUT2D eigenvalue weighted by atomic mass is 10.1. The van der Waals surface area contributed by atoms with Gasteiger partial charge in [-0.3, -0.25) is 0 Å². The molecule has 4 rings (SSSR count). The van der Waals surface area contributed by atoms with Crippen molar-refractivity contribution in [3.8, 4) is 11.4 Å². The van der Waals surface area contributed by atoms with Crippen LogP contribution in [0.25, 0.3) is 11.4 Å². The van der Waals surface area contributed by atoms with Crippen LogP contribution in [-0.4, -0.2) is 29.2 Å². The largest absolute Gasteiger partial charge is 0.243 e. The zero-order valence-electron chi connectivity index (χ0n) is 14.8. The van der Waals surface area contributed by atoms with Crippen LogP contribution in [0.1, 0.15) is 16.8 Å². The molecule has 0 saturated heterocycles. The van der Waals surface area contributed by atoms with Crippen molar-refractivity contribution >= 4 is 21.6 Å². The van der Waals surface area contributed by atoms with E-state index < -0.39 is 10.0 Å². The van der Waals surface area contributed by atoms with Crippen molar-refractivity contribution in [2.24, 2.45) is 0 Å². The number of halogens is 1. The highest BCUT2D eigenvalue weighted by Gasteiger charge is 2.30. The molecule has 0 atom stereocenters. The van der Waals surface area contributed by atoms with Gasteiger partial charge in [-0.05, 0) is 42.8 Å². The first-order valence-corrected chi connectivity index (χ1v) is 10.4. The molecule has 0 unspecified atom stereocenters. The third-order valence-electron chi connectivity index (χ3n) is 4.71. The number of fused-ring (bicyclic) bond motifs is 1. The first-order chi connectivity index (χ1) is 12.9. The lowest BCUT2D eigenvalue weighted by molar-refractivity contribution is 0.386. The summed E-state index contributed by atoms with van der Waals surface area (Å²) in [4.78, 5) is 9.42. The molecule has 0 radical (unpaired) electrons. The zero-order chi connectivity index (χ0) is 19.0. The second kappa shape index (κ2) is 7.03. The van der Waals surface area contributed by atoms with Crippen molar-refractivity contribution in [1.82, 2.24) is 14.3 Å². The molecule has 0 saturated carbocycles. The molecule has 0 fully saturated rings. The van der Waals surface area contributed by atoms with Crippen molar-refractivity contribution < 1.29 is 8.42 Å². The van der Waals surface area contributed by atoms with E-state index in [1.54, 1.807) is 30.5 Å². The fourth-order valence-corrected chi connectivity index (χ4v) is 4.99. The third-order valence-corrected chi connectivity index (χ3v) is 6.97. The topological polar surface area (TPSA) is 63.2 Å². The van der Waals surface area contributed by atoms with E-state index in [2.05, 4.69) is 9.97 Å². The number of nitrogens with zero attached hydrogens (tertiary/aromatic N) is 3. The number of aromatic nitrogens is 2. The van der Waals surface area contributed by atoms with Crippen molar-refractivity contribution in [3.63, 3.8) is 0 Å². The summed E-state index contributed by atoms with van der Waals surface area (Å²) in [5, 5.41) is 0.661. The molecule has 0 aliphatic carbocycles. The van der Waals surface area contributed by atoms with Crippen LogP contribution in [0, 0.1) is 6.92 Å². The highest BCUT2D eigenvalue weighted by molar-refractivity contribution is 7.89. The Kier molecular flexibility index (Phi) is 4.72. The molecule has 7 heteroatoms. The van der Waals surface area contributed by atoms with Gasteiger partial charge in [0.2, 0.25) is 10.0 Å². The van der Waals surface area contributed by atoms with Crippen molar-refractivity contribution in [1.29, 1.82) is 0 Å². The molecule has 2 aromatic carbocycles. The first kappa shape index (κ1) is 18.1. The fourth-order valence-electron chi connectivity index (χ4n) is 3.22. The SMILES string of the molecule is Cc1ccccc1S(=O)(=O)N1CCc2nc(-c3ccc(Cl)cc3)ncc2C1. The zero-order valence-corrected chi connectivity index (χ0v) is 16.3. The number of hydrogen-bond donors (Lipinski definition) is 0. The Hall–Kier alpha value is -2.28. The van der Waals surface area contributed by atoms with Crippen LogP contribution < -0.4 is 0 Å². The Morgan fingerprint density at radius 2 is 1.81 bits per heavy atom. The van der Waals surface area contributed by atoms with Gasteiger partial charge in [-0.2, -0.15) is 4.31 Å². The van der Waals surface area contributed by atoms with Gasteiger partial charge in [-0.1, -0.05) is 29.8 Å². The maximum Gasteiger partial charge on any atom is 0.243 e. The van der Waals surface area contributed by atoms with Gasteiger partial charge < -0.3 is 0 Å². The van der Waals surface area contributed by atoms with E-state index in [1.165, 1.54) is 4.31 Å². The van der Waals surface area contributed by atoms with E-state index in [1.807, 2.05) is 31.2 Å². The van der Waals surface area contributed by atoms with Crippen LogP contribution in [0.15, 0.2) is 59.6 Å². The molecule has 1 aliphatic heterocycles. The number of benzene rings is 2. The Morgan fingerprint density at radius 1 is 1.07 bits per heavy atom. The van der Waals surface area contributed by atoms with E-state index in [0.717, 1.165) is 22.4 Å². The number of rotatable bonds is 3. The van der Waals surface area contributed by atoms with Crippen LogP contribution in [0.5, 0.6) is 0 Å². The molecule has 27 heavy (non-hydrogen) atoms. The summed E-state index contributed by atoms with van der Waals surface area (Å²) < 4.78 is 27.5. The van der Waals surface area contributed by atoms with Gasteiger partial charge in [0.15, 0.2) is 5.82 Å². The average Bonchev–Trinajstić information content (AvgIpc) is 2.68. The predicted octanol–water partition coefficient (Wildman–Crippen LogP) is 3.85. The summed E-state index contributed by atoms with van der Waals surface area (Å²) in [6.07, 6.45) is 2.29. The molecule has 0 amide bonds. The quantitative estimate of drug-likeness (QED) is 0.671. The predicted molar refractivity (Wildman–Crippen MR) is 105 cm³/mol. The van der Waals surface area contributed by atoms with Gasteiger partial charge in [0.05, 0.1) is 10.6 Å². The van der Waals surface area contributed by atoms with Crippen LogP contribution in [-0.2, 0) is 23.0 Å². The van der Waals surface area contributed by atoms with Gasteiger partial charge in [-0.15, -0.1) is 0 Å². The van der Waals surface area contributed by atoms with E-state index in [9.17, 15) is 8.42 Å². The second-order valence-corrected chi connectivity index (χ2v) is 8.87. The minimum absolute atomic E-state index is 0.285. The van der Waals surface area contributed by atoms with Gasteiger partial charge in [0.25, 0.3) is 0 Å². The van der Waals surface area contributed by atoms with E-state index in [4.69, 9.17) is 11.6 Å². The Bertz CT molecular complexity index is 1100. The third kappa shape index (κ3) is 3.48. The summed E-state index contributed by atoms with van der Waals surface area (Å²) in [5.74, 6) is 0.626. The summed E-state index contributed by atoms with van der Waals surface area (Å²) in [6.45, 7) is 2.50. The van der Waals surface area contributed by atoms with Crippen LogP contribution in [0.4, 0.5) is 0 Å². The van der Waals surface area contributed by atoms with Gasteiger partial charge in [0.1, 0.15) is 0 Å². The van der Waals surface area contributed by atoms with Gasteiger partial charge in [0, 0.05) is 41.9 Å². The normalized spacial score (nSPS) is 14.7. The molecular weight excluding hydrogens is 382 g/mol. The molecule has 0 N–H and O–H groups in total. The van der Waals surface area contributed by atoms with Crippen LogP contribution >= 0.6 is 11.6 Å². The van der Waals surface area contributed by atoms with Crippen LogP contribution in [0.2, 0.25) is 5.02 Å². The van der Waals surface area contributed by atoms with Gasteiger partial charge in [-0.25, -0.2) is 18.4 Å². The average molecular weight is 400 g/mol. The monoisotopic (exact) mass is 399 g/mol. The highest BCUT2D eigenvalue weighted by Crippen LogP contribution is 2.27. The Balaban J connectivity index is 1.62. The van der Waals surface area contributed by atoms with Crippen molar-refractivity contribution in [2.75, 3.05) is 6.54 Å². The maximum atomic E-state index is 13.0. The highest BCUT2D eigenvalue weighted by atomic mass is 35.5. The summed E-state index contributed by atoms with van der Waals surface area (Å²) in [5.41, 5.74) is 3.37. The van der Waals surface area contributed by atoms with E-state index >= 15 is 0 Å². The first-order valence-electron chi connectivity index (χ1n) is 8.61. The fraction of sp³-hybridized carbons (Fsp3) is 0.200. The van der Waals surface area contributed by atoms with Crippen molar-refractivity contribution in [2.45, 2.75) is 24.8 Å². The summed E-state index contributed by atoms with van der Waals surface area (Å²) in [6, 6.07) is 14.4. The minimum Gasteiger partial charge on any atom is -0.236 e. The Morgan fingerprint density at radius 3 is 2.56 bits per heavy atom. The molecule has 5 nitrogen and oxygen atoms in total. The smallest absolute Gasteiger partial charge is 0.236 e. The lowest BCUT2D eigenvalue weighted by Gasteiger charge is -2.28. The van der Waals surface area contributed by atoms with Crippen LogP contribution in [0.3, 0.4) is 0 Å².